The van der Waals surface area contributed by atoms with Crippen molar-refractivity contribution in [1.29, 1.82) is 0 Å². The number of ether oxygens (including phenoxy) is 2. The Hall–Kier alpha value is -3.25. The number of benzene rings is 2. The first kappa shape index (κ1) is 22.0. The lowest BCUT2D eigenvalue weighted by Crippen LogP contribution is -2.39. The first-order valence-corrected chi connectivity index (χ1v) is 10.9. The second-order valence-corrected chi connectivity index (χ2v) is 8.75. The number of aliphatic hydroxyl groups is 1. The quantitative estimate of drug-likeness (QED) is 0.593. The van der Waals surface area contributed by atoms with Crippen LogP contribution in [-0.2, 0) is 13.0 Å². The van der Waals surface area contributed by atoms with Crippen LogP contribution in [0.4, 0.5) is 5.69 Å². The number of fused-ring (bicyclic) bond motifs is 1. The molecule has 3 aromatic rings. The Morgan fingerprint density at radius 2 is 1.75 bits per heavy atom. The Labute approximate surface area is 189 Å². The Bertz CT molecular complexity index is 1110. The van der Waals surface area contributed by atoms with Crippen LogP contribution in [0.3, 0.4) is 0 Å². The van der Waals surface area contributed by atoms with E-state index in [2.05, 4.69) is 37.4 Å². The van der Waals surface area contributed by atoms with Crippen molar-refractivity contribution in [2.45, 2.75) is 39.3 Å². The maximum atomic E-state index is 13.3. The van der Waals surface area contributed by atoms with E-state index in [0.29, 0.717) is 30.3 Å². The highest BCUT2D eigenvalue weighted by molar-refractivity contribution is 6.06. The van der Waals surface area contributed by atoms with Crippen molar-refractivity contribution < 1.29 is 19.4 Å². The van der Waals surface area contributed by atoms with Gasteiger partial charge in [0.1, 0.15) is 12.3 Å². The number of hydrogen-bond acceptors (Lipinski definition) is 4. The van der Waals surface area contributed by atoms with Crippen LogP contribution in [0.5, 0.6) is 11.5 Å². The normalized spacial score (nSPS) is 13.8. The molecule has 1 N–H and O–H groups in total. The molecule has 2 aromatic carbocycles. The van der Waals surface area contributed by atoms with Gasteiger partial charge in [0.25, 0.3) is 5.91 Å². The van der Waals surface area contributed by atoms with Crippen LogP contribution >= 0.6 is 0 Å². The van der Waals surface area contributed by atoms with Gasteiger partial charge in [-0.05, 0) is 49.6 Å². The van der Waals surface area contributed by atoms with Crippen LogP contribution in [0.2, 0.25) is 0 Å². The van der Waals surface area contributed by atoms with Gasteiger partial charge < -0.3 is 24.0 Å². The first-order chi connectivity index (χ1) is 15.3. The number of methoxy groups -OCH3 is 1. The third-order valence-electron chi connectivity index (χ3n) is 5.66. The van der Waals surface area contributed by atoms with Crippen molar-refractivity contribution in [2.24, 2.45) is 0 Å². The van der Waals surface area contributed by atoms with E-state index >= 15 is 0 Å². The van der Waals surface area contributed by atoms with Gasteiger partial charge in [-0.1, -0.05) is 31.2 Å². The highest BCUT2D eigenvalue weighted by Crippen LogP contribution is 2.34. The smallest absolute Gasteiger partial charge is 0.274 e. The van der Waals surface area contributed by atoms with Crippen LogP contribution < -0.4 is 14.4 Å². The molecular formula is C26H30N2O4. The van der Waals surface area contributed by atoms with Gasteiger partial charge in [-0.2, -0.15) is 0 Å². The van der Waals surface area contributed by atoms with Crippen molar-refractivity contribution in [3.05, 3.63) is 66.0 Å². The van der Waals surface area contributed by atoms with Crippen LogP contribution in [0.1, 0.15) is 36.8 Å². The van der Waals surface area contributed by atoms with Gasteiger partial charge in [0.15, 0.2) is 11.5 Å². The van der Waals surface area contributed by atoms with Crippen molar-refractivity contribution in [1.82, 2.24) is 4.57 Å². The second kappa shape index (κ2) is 8.71. The predicted octanol–water partition coefficient (Wildman–Crippen LogP) is 4.54. The van der Waals surface area contributed by atoms with Gasteiger partial charge in [0.05, 0.1) is 12.7 Å². The zero-order chi connectivity index (χ0) is 22.9. The van der Waals surface area contributed by atoms with Crippen LogP contribution in [0.15, 0.2) is 54.7 Å². The molecule has 4 rings (SSSR count). The lowest BCUT2D eigenvalue weighted by molar-refractivity contribution is 0.0276. The van der Waals surface area contributed by atoms with Crippen molar-refractivity contribution in [3.63, 3.8) is 0 Å². The lowest BCUT2D eigenvalue weighted by atomic mass is 10.1. The van der Waals surface area contributed by atoms with Gasteiger partial charge >= 0.3 is 0 Å². The fourth-order valence-electron chi connectivity index (χ4n) is 3.86. The van der Waals surface area contributed by atoms with Crippen molar-refractivity contribution >= 4 is 11.6 Å². The van der Waals surface area contributed by atoms with E-state index in [-0.39, 0.29) is 12.5 Å². The van der Waals surface area contributed by atoms with Gasteiger partial charge in [-0.25, -0.2) is 0 Å². The molecule has 6 nitrogen and oxygen atoms in total. The number of aryl methyl sites for hydroxylation is 1. The molecule has 1 aromatic heterocycles. The minimum atomic E-state index is -0.952. The van der Waals surface area contributed by atoms with Gasteiger partial charge in [-0.3, -0.25) is 4.79 Å². The SMILES string of the molecule is CCc1ccc(-c2cc3n(c2)CCN(c2ccc(OCC(C)(C)O)c(OC)c2)C3=O)cc1. The molecule has 2 heterocycles. The Kier molecular flexibility index (Phi) is 5.98. The molecule has 32 heavy (non-hydrogen) atoms. The van der Waals surface area contributed by atoms with Crippen LogP contribution in [0.25, 0.3) is 11.1 Å². The third kappa shape index (κ3) is 4.50. The summed E-state index contributed by atoms with van der Waals surface area (Å²) < 4.78 is 13.2. The molecule has 0 saturated carbocycles. The zero-order valence-electron chi connectivity index (χ0n) is 19.1. The highest BCUT2D eigenvalue weighted by Gasteiger charge is 2.27. The van der Waals surface area contributed by atoms with E-state index in [4.69, 9.17) is 9.47 Å². The lowest BCUT2D eigenvalue weighted by Gasteiger charge is -2.29. The standard InChI is InChI=1S/C26H30N2O4/c1-5-18-6-8-19(9-7-18)20-14-22-25(29)28(13-12-27(22)16-20)21-10-11-23(24(15-21)31-4)32-17-26(2,3)30/h6-11,14-16,30H,5,12-13,17H2,1-4H3. The van der Waals surface area contributed by atoms with E-state index in [1.54, 1.807) is 38.0 Å². The molecule has 6 heteroatoms. The summed E-state index contributed by atoms with van der Waals surface area (Å²) in [5.41, 5.74) is 3.93. The zero-order valence-corrected chi connectivity index (χ0v) is 19.1. The summed E-state index contributed by atoms with van der Waals surface area (Å²) >= 11 is 0. The molecule has 0 atom stereocenters. The first-order valence-electron chi connectivity index (χ1n) is 10.9. The largest absolute Gasteiger partial charge is 0.493 e. The molecule has 0 saturated heterocycles. The monoisotopic (exact) mass is 434 g/mol. The van der Waals surface area contributed by atoms with E-state index in [1.807, 2.05) is 16.7 Å². The average Bonchev–Trinajstić information content (AvgIpc) is 3.23. The number of aromatic nitrogens is 1. The third-order valence-corrected chi connectivity index (χ3v) is 5.66. The number of nitrogens with zero attached hydrogens (tertiary/aromatic N) is 2. The van der Waals surface area contributed by atoms with E-state index in [1.165, 1.54) is 5.56 Å². The number of anilines is 1. The number of carbonyl (C=O) groups excluding carboxylic acids is 1. The summed E-state index contributed by atoms with van der Waals surface area (Å²) in [4.78, 5) is 15.1. The minimum absolute atomic E-state index is 0.0418. The molecule has 0 fully saturated rings. The van der Waals surface area contributed by atoms with Gasteiger partial charge in [0, 0.05) is 36.6 Å². The summed E-state index contributed by atoms with van der Waals surface area (Å²) in [6, 6.07) is 15.9. The van der Waals surface area contributed by atoms with Crippen LogP contribution in [0, 0.1) is 0 Å². The fraction of sp³-hybridized carbons (Fsp3) is 0.346. The molecule has 1 aliphatic rings. The molecule has 0 bridgehead atoms. The number of hydrogen-bond donors (Lipinski definition) is 1. The molecular weight excluding hydrogens is 404 g/mol. The summed E-state index contributed by atoms with van der Waals surface area (Å²) in [5.74, 6) is 1.01. The maximum Gasteiger partial charge on any atom is 0.274 e. The minimum Gasteiger partial charge on any atom is -0.493 e. The molecule has 168 valence electrons. The second-order valence-electron chi connectivity index (χ2n) is 8.75. The summed E-state index contributed by atoms with van der Waals surface area (Å²) in [5, 5.41) is 9.92. The maximum absolute atomic E-state index is 13.3. The molecule has 1 aliphatic heterocycles. The summed E-state index contributed by atoms with van der Waals surface area (Å²) in [7, 11) is 1.56. The van der Waals surface area contributed by atoms with E-state index in [9.17, 15) is 9.90 Å². The Morgan fingerprint density at radius 3 is 2.41 bits per heavy atom. The molecule has 0 spiro atoms. The topological polar surface area (TPSA) is 63.9 Å². The molecule has 0 unspecified atom stereocenters. The molecule has 0 aliphatic carbocycles. The summed E-state index contributed by atoms with van der Waals surface area (Å²) in [6.07, 6.45) is 3.06. The average molecular weight is 435 g/mol. The number of amides is 1. The van der Waals surface area contributed by atoms with Gasteiger partial charge in [0.2, 0.25) is 0 Å². The highest BCUT2D eigenvalue weighted by atomic mass is 16.5. The Balaban J connectivity index is 1.57. The van der Waals surface area contributed by atoms with Crippen LogP contribution in [-0.4, -0.2) is 41.4 Å². The molecule has 0 radical (unpaired) electrons. The Morgan fingerprint density at radius 1 is 1.00 bits per heavy atom. The molecule has 1 amide bonds. The van der Waals surface area contributed by atoms with E-state index in [0.717, 1.165) is 23.2 Å². The predicted molar refractivity (Wildman–Crippen MR) is 126 cm³/mol. The summed E-state index contributed by atoms with van der Waals surface area (Å²) in [6.45, 7) is 6.93. The number of rotatable bonds is 7. The van der Waals surface area contributed by atoms with Crippen molar-refractivity contribution in [3.8, 4) is 22.6 Å². The van der Waals surface area contributed by atoms with Gasteiger partial charge in [-0.15, -0.1) is 0 Å². The van der Waals surface area contributed by atoms with Crippen molar-refractivity contribution in [2.75, 3.05) is 25.2 Å². The van der Waals surface area contributed by atoms with E-state index < -0.39 is 5.60 Å². The number of carbonyl (C=O) groups is 1. The fourth-order valence-corrected chi connectivity index (χ4v) is 3.86.